The molecule has 1 aromatic heterocycles. The van der Waals surface area contributed by atoms with Crippen LogP contribution in [0.2, 0.25) is 0 Å². The molecule has 0 bridgehead atoms. The number of carbonyl (C=O) groups excluding carboxylic acids is 2. The van der Waals surface area contributed by atoms with Crippen LogP contribution in [0.1, 0.15) is 49.5 Å². The number of carbonyl (C=O) groups is 2. The Bertz CT molecular complexity index is 504. The Morgan fingerprint density at radius 2 is 2.19 bits per heavy atom. The molecule has 0 spiro atoms. The van der Waals surface area contributed by atoms with Crippen LogP contribution in [0.25, 0.3) is 0 Å². The molecular weight excluding hydrogens is 268 g/mol. The third-order valence-corrected chi connectivity index (χ3v) is 4.07. The predicted molar refractivity (Wildman–Crippen MR) is 78.7 cm³/mol. The molecule has 1 N–H and O–H groups in total. The number of hydrogen-bond donors (Lipinski definition) is 1. The lowest BCUT2D eigenvalue weighted by Crippen LogP contribution is -2.55. The molecule has 1 aliphatic carbocycles. The molecule has 1 heterocycles. The van der Waals surface area contributed by atoms with Crippen LogP contribution in [0, 0.1) is 5.92 Å². The van der Waals surface area contributed by atoms with Crippen LogP contribution in [0.3, 0.4) is 0 Å². The summed E-state index contributed by atoms with van der Waals surface area (Å²) >= 11 is 0. The van der Waals surface area contributed by atoms with Gasteiger partial charge in [0.25, 0.3) is 5.91 Å². The first-order chi connectivity index (χ1) is 10.1. The maximum absolute atomic E-state index is 12.4. The molecule has 1 amide bonds. The fourth-order valence-corrected chi connectivity index (χ4v) is 3.04. The molecule has 0 unspecified atom stereocenters. The maximum Gasteiger partial charge on any atom is 0.331 e. The van der Waals surface area contributed by atoms with Crippen LogP contribution in [-0.4, -0.2) is 29.5 Å². The fourth-order valence-electron chi connectivity index (χ4n) is 3.04. The first-order valence-electron chi connectivity index (χ1n) is 7.39. The van der Waals surface area contributed by atoms with E-state index in [2.05, 4.69) is 17.2 Å². The number of nitrogens with one attached hydrogen (secondary N) is 1. The van der Waals surface area contributed by atoms with E-state index in [1.807, 2.05) is 0 Å². The zero-order valence-corrected chi connectivity index (χ0v) is 12.6. The van der Waals surface area contributed by atoms with Gasteiger partial charge < -0.3 is 10.1 Å². The van der Waals surface area contributed by atoms with E-state index in [0.29, 0.717) is 24.5 Å². The highest BCUT2D eigenvalue weighted by molar-refractivity contribution is 5.96. The topological polar surface area (TPSA) is 68.3 Å². The van der Waals surface area contributed by atoms with Crippen molar-refractivity contribution in [3.05, 3.63) is 30.1 Å². The second-order valence-electron chi connectivity index (χ2n) is 5.80. The Morgan fingerprint density at radius 1 is 1.38 bits per heavy atom. The van der Waals surface area contributed by atoms with Crippen LogP contribution >= 0.6 is 0 Å². The summed E-state index contributed by atoms with van der Waals surface area (Å²) in [6, 6.07) is 5.14. The van der Waals surface area contributed by atoms with Crippen molar-refractivity contribution in [1.82, 2.24) is 10.3 Å². The van der Waals surface area contributed by atoms with Gasteiger partial charge in [0.15, 0.2) is 0 Å². The molecule has 0 radical (unpaired) electrons. The van der Waals surface area contributed by atoms with Gasteiger partial charge in [0.2, 0.25) is 0 Å². The summed E-state index contributed by atoms with van der Waals surface area (Å²) in [5, 5.41) is 2.89. The second-order valence-corrected chi connectivity index (χ2v) is 5.80. The van der Waals surface area contributed by atoms with E-state index < -0.39 is 5.54 Å². The van der Waals surface area contributed by atoms with Gasteiger partial charge in [0.05, 0.1) is 7.11 Å². The molecule has 114 valence electrons. The lowest BCUT2D eigenvalue weighted by atomic mass is 9.86. The predicted octanol–water partition coefficient (Wildman–Crippen LogP) is 2.32. The SMILES string of the molecule is COC(=O)[C@@]1(NC(=O)c2ccccn2)CCCC[C@H](C)C1. The summed E-state index contributed by atoms with van der Waals surface area (Å²) in [5.74, 6) is -0.314. The Hall–Kier alpha value is -1.91. The second kappa shape index (κ2) is 6.70. The lowest BCUT2D eigenvalue weighted by molar-refractivity contribution is -0.149. The van der Waals surface area contributed by atoms with Gasteiger partial charge >= 0.3 is 5.97 Å². The average Bonchev–Trinajstić information content (AvgIpc) is 2.69. The van der Waals surface area contributed by atoms with Gasteiger partial charge in [0.1, 0.15) is 11.2 Å². The largest absolute Gasteiger partial charge is 0.467 e. The average molecular weight is 290 g/mol. The molecule has 2 atom stereocenters. The number of aromatic nitrogens is 1. The lowest BCUT2D eigenvalue weighted by Gasteiger charge is -2.32. The van der Waals surface area contributed by atoms with Crippen molar-refractivity contribution in [2.24, 2.45) is 5.92 Å². The molecule has 1 aliphatic rings. The Labute approximate surface area is 125 Å². The molecule has 21 heavy (non-hydrogen) atoms. The molecule has 5 heteroatoms. The summed E-state index contributed by atoms with van der Waals surface area (Å²) in [5.41, 5.74) is -0.614. The van der Waals surface area contributed by atoms with E-state index >= 15 is 0 Å². The van der Waals surface area contributed by atoms with Gasteiger partial charge in [-0.15, -0.1) is 0 Å². The van der Waals surface area contributed by atoms with Gasteiger partial charge in [-0.25, -0.2) is 4.79 Å². The molecule has 1 saturated carbocycles. The zero-order chi connectivity index (χ0) is 15.3. The summed E-state index contributed by atoms with van der Waals surface area (Å²) in [6.07, 6.45) is 5.83. The van der Waals surface area contributed by atoms with Crippen molar-refractivity contribution in [2.45, 2.75) is 44.6 Å². The van der Waals surface area contributed by atoms with Crippen LogP contribution in [0.5, 0.6) is 0 Å². The third kappa shape index (κ3) is 3.60. The molecule has 2 rings (SSSR count). The number of amides is 1. The molecule has 0 aromatic carbocycles. The van der Waals surface area contributed by atoms with Crippen LogP contribution < -0.4 is 5.32 Å². The van der Waals surface area contributed by atoms with E-state index in [1.54, 1.807) is 24.4 Å². The highest BCUT2D eigenvalue weighted by Gasteiger charge is 2.43. The number of hydrogen-bond acceptors (Lipinski definition) is 4. The third-order valence-electron chi connectivity index (χ3n) is 4.07. The van der Waals surface area contributed by atoms with Crippen molar-refractivity contribution in [3.63, 3.8) is 0 Å². The highest BCUT2D eigenvalue weighted by Crippen LogP contribution is 2.32. The fraction of sp³-hybridized carbons (Fsp3) is 0.562. The molecular formula is C16H22N2O3. The number of nitrogens with zero attached hydrogens (tertiary/aromatic N) is 1. The Balaban J connectivity index is 2.24. The van der Waals surface area contributed by atoms with E-state index in [4.69, 9.17) is 4.74 Å². The molecule has 0 saturated heterocycles. The van der Waals surface area contributed by atoms with E-state index in [0.717, 1.165) is 19.3 Å². The minimum absolute atomic E-state index is 0.317. The molecule has 5 nitrogen and oxygen atoms in total. The quantitative estimate of drug-likeness (QED) is 0.685. The smallest absolute Gasteiger partial charge is 0.331 e. The summed E-state index contributed by atoms with van der Waals surface area (Å²) < 4.78 is 4.96. The Morgan fingerprint density at radius 3 is 2.86 bits per heavy atom. The van der Waals surface area contributed by atoms with Gasteiger partial charge in [-0.05, 0) is 30.9 Å². The van der Waals surface area contributed by atoms with Crippen molar-refractivity contribution in [2.75, 3.05) is 7.11 Å². The normalized spacial score (nSPS) is 25.7. The van der Waals surface area contributed by atoms with Gasteiger partial charge in [-0.1, -0.05) is 32.3 Å². The minimum atomic E-state index is -0.931. The van der Waals surface area contributed by atoms with E-state index in [1.165, 1.54) is 7.11 Å². The summed E-state index contributed by atoms with van der Waals surface area (Å²) in [6.45, 7) is 2.11. The highest BCUT2D eigenvalue weighted by atomic mass is 16.5. The number of ether oxygens (including phenoxy) is 1. The molecule has 1 aromatic rings. The number of rotatable bonds is 3. The Kier molecular flexibility index (Phi) is 4.94. The van der Waals surface area contributed by atoms with E-state index in [9.17, 15) is 9.59 Å². The first kappa shape index (κ1) is 15.5. The van der Waals surface area contributed by atoms with Gasteiger partial charge in [0, 0.05) is 6.20 Å². The van der Waals surface area contributed by atoms with Crippen molar-refractivity contribution < 1.29 is 14.3 Å². The zero-order valence-electron chi connectivity index (χ0n) is 12.6. The number of esters is 1. The first-order valence-corrected chi connectivity index (χ1v) is 7.39. The van der Waals surface area contributed by atoms with Crippen molar-refractivity contribution >= 4 is 11.9 Å². The van der Waals surface area contributed by atoms with Crippen molar-refractivity contribution in [3.8, 4) is 0 Å². The summed E-state index contributed by atoms with van der Waals surface area (Å²) in [7, 11) is 1.37. The molecule has 0 aliphatic heterocycles. The number of pyridine rings is 1. The minimum Gasteiger partial charge on any atom is -0.467 e. The van der Waals surface area contributed by atoms with E-state index in [-0.39, 0.29) is 11.9 Å². The standard InChI is InChI=1S/C16H22N2O3/c1-12-7-3-5-9-16(11-12,15(20)21-2)18-14(19)13-8-4-6-10-17-13/h4,6,8,10,12H,3,5,7,9,11H2,1-2H3,(H,18,19)/t12-,16+/m0/s1. The van der Waals surface area contributed by atoms with Crippen LogP contribution in [-0.2, 0) is 9.53 Å². The summed E-state index contributed by atoms with van der Waals surface area (Å²) in [4.78, 5) is 28.7. The monoisotopic (exact) mass is 290 g/mol. The van der Waals surface area contributed by atoms with Gasteiger partial charge in [-0.2, -0.15) is 0 Å². The number of methoxy groups -OCH3 is 1. The molecule has 1 fully saturated rings. The van der Waals surface area contributed by atoms with Crippen LogP contribution in [0.15, 0.2) is 24.4 Å². The van der Waals surface area contributed by atoms with Crippen LogP contribution in [0.4, 0.5) is 0 Å². The van der Waals surface area contributed by atoms with Crippen molar-refractivity contribution in [1.29, 1.82) is 0 Å². The van der Waals surface area contributed by atoms with Gasteiger partial charge in [-0.3, -0.25) is 9.78 Å². The maximum atomic E-state index is 12.4.